The summed E-state index contributed by atoms with van der Waals surface area (Å²) in [6, 6.07) is 5.08. The van der Waals surface area contributed by atoms with Crippen molar-refractivity contribution in [2.24, 2.45) is 0 Å². The third kappa shape index (κ3) is 3.66. The molecule has 0 atom stereocenters. The summed E-state index contributed by atoms with van der Waals surface area (Å²) in [4.78, 5) is 23.1. The maximum absolute atomic E-state index is 14.3. The molecule has 0 saturated heterocycles. The van der Waals surface area contributed by atoms with Crippen molar-refractivity contribution in [1.82, 2.24) is 19.5 Å². The maximum Gasteiger partial charge on any atom is 0.332 e. The molecule has 0 bridgehead atoms. The Morgan fingerprint density at radius 3 is 2.62 bits per heavy atom. The molecule has 2 aromatic heterocycles. The molecule has 0 fully saturated rings. The minimum atomic E-state index is -1.10. The molecule has 3 N–H and O–H groups in total. The second kappa shape index (κ2) is 8.35. The van der Waals surface area contributed by atoms with Crippen LogP contribution in [0.1, 0.15) is 5.56 Å². The average molecular weight is 464 g/mol. The lowest BCUT2D eigenvalue weighted by Gasteiger charge is -2.16. The molecule has 166 valence electrons. The molecule has 12 heteroatoms. The summed E-state index contributed by atoms with van der Waals surface area (Å²) in [5.74, 6) is -1.76. The Bertz CT molecular complexity index is 1390. The molecule has 0 aliphatic heterocycles. The standard InChI is InChI=1S/C20H16ClF2N5O4/c1-30-14-4-3-11(22)17(23)9(14)8-32-16-6-13(10(21)5-15(16)31-2)28-18-12(26-20(28)29)7-25-19(24)27-18/h3-7H,8H2,1-2H3,(H,26,29)(H2,24,25,27). The van der Waals surface area contributed by atoms with Crippen LogP contribution in [0.15, 0.2) is 35.3 Å². The number of aromatic amines is 1. The van der Waals surface area contributed by atoms with Crippen LogP contribution in [-0.4, -0.2) is 33.7 Å². The number of aromatic nitrogens is 4. The van der Waals surface area contributed by atoms with Crippen LogP contribution in [0.2, 0.25) is 5.02 Å². The van der Waals surface area contributed by atoms with Crippen molar-refractivity contribution in [2.45, 2.75) is 6.61 Å². The van der Waals surface area contributed by atoms with E-state index < -0.39 is 17.3 Å². The van der Waals surface area contributed by atoms with Crippen molar-refractivity contribution >= 4 is 28.7 Å². The Morgan fingerprint density at radius 2 is 1.91 bits per heavy atom. The monoisotopic (exact) mass is 463 g/mol. The number of nitrogens with two attached hydrogens (primary N) is 1. The lowest BCUT2D eigenvalue weighted by Crippen LogP contribution is -2.16. The first-order valence-corrected chi connectivity index (χ1v) is 9.46. The highest BCUT2D eigenvalue weighted by molar-refractivity contribution is 6.32. The predicted octanol–water partition coefficient (Wildman–Crippen LogP) is 3.22. The van der Waals surface area contributed by atoms with E-state index in [1.165, 1.54) is 43.2 Å². The summed E-state index contributed by atoms with van der Waals surface area (Å²) in [5, 5.41) is 0.143. The van der Waals surface area contributed by atoms with Gasteiger partial charge in [0, 0.05) is 12.1 Å². The molecular weight excluding hydrogens is 448 g/mol. The van der Waals surface area contributed by atoms with Gasteiger partial charge in [-0.3, -0.25) is 0 Å². The molecular formula is C20H16ClF2N5O4. The Kier molecular flexibility index (Phi) is 5.57. The van der Waals surface area contributed by atoms with Crippen LogP contribution in [0.4, 0.5) is 14.7 Å². The van der Waals surface area contributed by atoms with E-state index >= 15 is 0 Å². The number of halogens is 3. The predicted molar refractivity (Wildman–Crippen MR) is 113 cm³/mol. The van der Waals surface area contributed by atoms with Crippen molar-refractivity contribution < 1.29 is 23.0 Å². The van der Waals surface area contributed by atoms with Crippen LogP contribution < -0.4 is 25.6 Å². The van der Waals surface area contributed by atoms with Crippen LogP contribution >= 0.6 is 11.6 Å². The first kappa shape index (κ1) is 21.4. The number of nitrogens with zero attached hydrogens (tertiary/aromatic N) is 3. The molecule has 4 aromatic rings. The normalized spacial score (nSPS) is 11.0. The van der Waals surface area contributed by atoms with Gasteiger partial charge >= 0.3 is 5.69 Å². The highest BCUT2D eigenvalue weighted by atomic mass is 35.5. The van der Waals surface area contributed by atoms with E-state index in [0.717, 1.165) is 6.07 Å². The number of methoxy groups -OCH3 is 2. The summed E-state index contributed by atoms with van der Waals surface area (Å²) in [5.41, 5.74) is 5.71. The number of fused-ring (bicyclic) bond motifs is 1. The van der Waals surface area contributed by atoms with E-state index in [0.29, 0.717) is 5.52 Å². The summed E-state index contributed by atoms with van der Waals surface area (Å²) in [6.07, 6.45) is 1.36. The molecule has 9 nitrogen and oxygen atoms in total. The van der Waals surface area contributed by atoms with Gasteiger partial charge in [0.15, 0.2) is 28.8 Å². The fourth-order valence-electron chi connectivity index (χ4n) is 3.15. The lowest BCUT2D eigenvalue weighted by atomic mass is 10.2. The Balaban J connectivity index is 1.80. The summed E-state index contributed by atoms with van der Waals surface area (Å²) in [7, 11) is 2.71. The molecule has 4 rings (SSSR count). The van der Waals surface area contributed by atoms with E-state index in [1.54, 1.807) is 0 Å². The van der Waals surface area contributed by atoms with Crippen LogP contribution in [0.5, 0.6) is 17.2 Å². The number of hydrogen-bond donors (Lipinski definition) is 2. The minimum absolute atomic E-state index is 0.0416. The minimum Gasteiger partial charge on any atom is -0.496 e. The van der Waals surface area contributed by atoms with E-state index in [1.807, 2.05) is 0 Å². The van der Waals surface area contributed by atoms with Gasteiger partial charge in [-0.15, -0.1) is 0 Å². The Morgan fingerprint density at radius 1 is 1.16 bits per heavy atom. The van der Waals surface area contributed by atoms with Crippen molar-refractivity contribution in [1.29, 1.82) is 0 Å². The molecule has 0 radical (unpaired) electrons. The third-order valence-electron chi connectivity index (χ3n) is 4.66. The molecule has 2 aromatic carbocycles. The van der Waals surface area contributed by atoms with Gasteiger partial charge in [-0.1, -0.05) is 11.6 Å². The first-order valence-electron chi connectivity index (χ1n) is 9.08. The number of nitrogen functional groups attached to an aromatic ring is 1. The molecule has 0 aliphatic rings. The van der Waals surface area contributed by atoms with Gasteiger partial charge in [-0.25, -0.2) is 23.1 Å². The van der Waals surface area contributed by atoms with Crippen molar-refractivity contribution in [3.63, 3.8) is 0 Å². The molecule has 0 amide bonds. The van der Waals surface area contributed by atoms with Gasteiger partial charge in [0.1, 0.15) is 17.9 Å². The highest BCUT2D eigenvalue weighted by Crippen LogP contribution is 2.37. The van der Waals surface area contributed by atoms with Gasteiger partial charge < -0.3 is 24.9 Å². The summed E-state index contributed by atoms with van der Waals surface area (Å²) < 4.78 is 45.3. The average Bonchev–Trinajstić information content (AvgIpc) is 3.09. The van der Waals surface area contributed by atoms with Crippen molar-refractivity contribution in [3.05, 3.63) is 63.2 Å². The molecule has 0 aliphatic carbocycles. The number of anilines is 1. The molecule has 0 saturated carbocycles. The molecule has 2 heterocycles. The number of nitrogens with one attached hydrogen (secondary N) is 1. The number of H-pyrrole nitrogens is 1. The van der Waals surface area contributed by atoms with Crippen LogP contribution in [0, 0.1) is 11.6 Å². The largest absolute Gasteiger partial charge is 0.496 e. The Labute approximate surface area is 184 Å². The van der Waals surface area contributed by atoms with Crippen LogP contribution in [-0.2, 0) is 6.61 Å². The Hall–Kier alpha value is -3.86. The third-order valence-corrected chi connectivity index (χ3v) is 4.97. The molecule has 0 spiro atoms. The second-order valence-electron chi connectivity index (χ2n) is 6.52. The molecule has 0 unspecified atom stereocenters. The summed E-state index contributed by atoms with van der Waals surface area (Å²) in [6.45, 7) is -0.387. The fourth-order valence-corrected chi connectivity index (χ4v) is 3.39. The smallest absolute Gasteiger partial charge is 0.332 e. The van der Waals surface area contributed by atoms with E-state index in [2.05, 4.69) is 15.0 Å². The van der Waals surface area contributed by atoms with Gasteiger partial charge in [-0.05, 0) is 12.1 Å². The SMILES string of the molecule is COc1cc(Cl)c(-n2c(=O)[nH]c3cnc(N)nc32)cc1OCc1c(OC)ccc(F)c1F. The van der Waals surface area contributed by atoms with Gasteiger partial charge in [0.05, 0.1) is 36.7 Å². The number of hydrogen-bond acceptors (Lipinski definition) is 7. The van der Waals surface area contributed by atoms with Crippen LogP contribution in [0.25, 0.3) is 16.9 Å². The van der Waals surface area contributed by atoms with E-state index in [4.69, 9.17) is 31.5 Å². The zero-order chi connectivity index (χ0) is 23.0. The van der Waals surface area contributed by atoms with Crippen LogP contribution in [0.3, 0.4) is 0 Å². The maximum atomic E-state index is 14.3. The number of rotatable bonds is 6. The zero-order valence-corrected chi connectivity index (χ0v) is 17.5. The number of benzene rings is 2. The first-order chi connectivity index (χ1) is 15.3. The molecule has 32 heavy (non-hydrogen) atoms. The van der Waals surface area contributed by atoms with E-state index in [-0.39, 0.29) is 51.7 Å². The zero-order valence-electron chi connectivity index (χ0n) is 16.8. The topological polar surface area (TPSA) is 117 Å². The lowest BCUT2D eigenvalue weighted by molar-refractivity contribution is 0.270. The number of ether oxygens (including phenoxy) is 3. The quantitative estimate of drug-likeness (QED) is 0.451. The fraction of sp³-hybridized carbons (Fsp3) is 0.150. The van der Waals surface area contributed by atoms with E-state index in [9.17, 15) is 13.6 Å². The number of imidazole rings is 1. The highest BCUT2D eigenvalue weighted by Gasteiger charge is 2.20. The second-order valence-corrected chi connectivity index (χ2v) is 6.92. The van der Waals surface area contributed by atoms with Crippen molar-refractivity contribution in [3.8, 4) is 22.9 Å². The summed E-state index contributed by atoms with van der Waals surface area (Å²) >= 11 is 6.38. The van der Waals surface area contributed by atoms with Gasteiger partial charge in [0.25, 0.3) is 0 Å². The van der Waals surface area contributed by atoms with Gasteiger partial charge in [0.2, 0.25) is 5.95 Å². The van der Waals surface area contributed by atoms with Gasteiger partial charge in [-0.2, -0.15) is 4.98 Å². The van der Waals surface area contributed by atoms with Crippen molar-refractivity contribution in [2.75, 3.05) is 20.0 Å².